The first-order valence-corrected chi connectivity index (χ1v) is 8.20. The van der Waals surface area contributed by atoms with Gasteiger partial charge in [-0.15, -0.1) is 0 Å². The molecule has 1 saturated heterocycles. The fourth-order valence-electron chi connectivity index (χ4n) is 3.11. The van der Waals surface area contributed by atoms with Gasteiger partial charge in [0.2, 0.25) is 11.7 Å². The topological polar surface area (TPSA) is 81.4 Å². The molecule has 0 bridgehead atoms. The molecule has 0 aromatic carbocycles. The number of piperidine rings is 1. The van der Waals surface area contributed by atoms with Gasteiger partial charge in [0.15, 0.2) is 0 Å². The molecular formula is C17H22N4O3. The van der Waals surface area contributed by atoms with Crippen LogP contribution in [0, 0.1) is 11.8 Å². The summed E-state index contributed by atoms with van der Waals surface area (Å²) in [7, 11) is 0. The minimum absolute atomic E-state index is 0.0143. The zero-order chi connectivity index (χ0) is 16.9. The third kappa shape index (κ3) is 4.17. The quantitative estimate of drug-likeness (QED) is 0.835. The summed E-state index contributed by atoms with van der Waals surface area (Å²) in [5, 5.41) is 3.89. The Morgan fingerprint density at radius 2 is 2.17 bits per heavy atom. The lowest BCUT2D eigenvalue weighted by atomic mass is 9.92. The third-order valence-corrected chi connectivity index (χ3v) is 4.06. The predicted molar refractivity (Wildman–Crippen MR) is 86.7 cm³/mol. The average Bonchev–Trinajstić information content (AvgIpc) is 3.03. The van der Waals surface area contributed by atoms with Crippen molar-refractivity contribution in [1.29, 1.82) is 0 Å². The Morgan fingerprint density at radius 1 is 1.38 bits per heavy atom. The molecule has 0 N–H and O–H groups in total. The highest BCUT2D eigenvalue weighted by Gasteiger charge is 2.25. The van der Waals surface area contributed by atoms with Gasteiger partial charge in [0, 0.05) is 31.0 Å². The van der Waals surface area contributed by atoms with Gasteiger partial charge in [0.05, 0.1) is 0 Å². The van der Waals surface area contributed by atoms with Gasteiger partial charge in [-0.3, -0.25) is 9.78 Å². The normalized spacial score (nSPS) is 21.0. The first-order valence-electron chi connectivity index (χ1n) is 8.20. The van der Waals surface area contributed by atoms with E-state index in [1.54, 1.807) is 18.5 Å². The Hall–Kier alpha value is -2.28. The van der Waals surface area contributed by atoms with Gasteiger partial charge in [-0.25, -0.2) is 0 Å². The van der Waals surface area contributed by atoms with Crippen LogP contribution in [0.1, 0.15) is 26.2 Å². The average molecular weight is 330 g/mol. The van der Waals surface area contributed by atoms with E-state index in [4.69, 9.17) is 9.26 Å². The molecule has 1 amide bonds. The van der Waals surface area contributed by atoms with Crippen molar-refractivity contribution in [3.05, 3.63) is 30.4 Å². The van der Waals surface area contributed by atoms with Crippen molar-refractivity contribution in [2.75, 3.05) is 19.7 Å². The van der Waals surface area contributed by atoms with Gasteiger partial charge in [-0.1, -0.05) is 19.0 Å². The minimum atomic E-state index is 0.0143. The van der Waals surface area contributed by atoms with Crippen molar-refractivity contribution < 1.29 is 14.1 Å². The standard InChI is InChI=1S/C17H22N4O3/c1-12-6-13(2)9-21(8-12)16(22)11-23-10-15-19-17(20-24-15)14-4-3-5-18-7-14/h3-5,7,12-13H,6,8-11H2,1-2H3/t12-,13-/m0/s1. The molecule has 3 heterocycles. The largest absolute Gasteiger partial charge is 0.362 e. The summed E-state index contributed by atoms with van der Waals surface area (Å²) in [5.41, 5.74) is 0.778. The molecule has 0 radical (unpaired) electrons. The molecule has 2 aromatic rings. The molecule has 0 spiro atoms. The number of hydrogen-bond donors (Lipinski definition) is 0. The van der Waals surface area contributed by atoms with Crippen LogP contribution in [0.15, 0.2) is 29.0 Å². The minimum Gasteiger partial charge on any atom is -0.362 e. The third-order valence-electron chi connectivity index (χ3n) is 4.06. The fourth-order valence-corrected chi connectivity index (χ4v) is 3.11. The van der Waals surface area contributed by atoms with Crippen molar-refractivity contribution in [3.8, 4) is 11.4 Å². The van der Waals surface area contributed by atoms with Gasteiger partial charge < -0.3 is 14.2 Å². The number of likely N-dealkylation sites (tertiary alicyclic amines) is 1. The molecule has 0 aliphatic carbocycles. The van der Waals surface area contributed by atoms with E-state index in [0.717, 1.165) is 18.7 Å². The lowest BCUT2D eigenvalue weighted by Gasteiger charge is -2.34. The zero-order valence-electron chi connectivity index (χ0n) is 14.0. The Labute approximate surface area is 141 Å². The summed E-state index contributed by atoms with van der Waals surface area (Å²) in [4.78, 5) is 22.4. The Bertz CT molecular complexity index is 663. The second-order valence-electron chi connectivity index (χ2n) is 6.49. The van der Waals surface area contributed by atoms with E-state index >= 15 is 0 Å². The first-order chi connectivity index (χ1) is 11.6. The van der Waals surface area contributed by atoms with Crippen LogP contribution in [-0.4, -0.2) is 45.6 Å². The molecular weight excluding hydrogens is 308 g/mol. The van der Waals surface area contributed by atoms with Gasteiger partial charge in [0.1, 0.15) is 13.2 Å². The van der Waals surface area contributed by atoms with Crippen LogP contribution in [0.25, 0.3) is 11.4 Å². The predicted octanol–water partition coefficient (Wildman–Crippen LogP) is 2.15. The molecule has 0 saturated carbocycles. The summed E-state index contributed by atoms with van der Waals surface area (Å²) in [6.45, 7) is 6.11. The molecule has 7 nitrogen and oxygen atoms in total. The maximum absolute atomic E-state index is 12.2. The van der Waals surface area contributed by atoms with Crippen LogP contribution in [0.4, 0.5) is 0 Å². The van der Waals surface area contributed by atoms with Crippen LogP contribution < -0.4 is 0 Å². The highest BCUT2D eigenvalue weighted by Crippen LogP contribution is 2.21. The lowest BCUT2D eigenvalue weighted by Crippen LogP contribution is -2.44. The molecule has 1 aliphatic heterocycles. The molecule has 128 valence electrons. The molecule has 2 atom stereocenters. The number of nitrogens with zero attached hydrogens (tertiary/aromatic N) is 4. The maximum Gasteiger partial charge on any atom is 0.252 e. The van der Waals surface area contributed by atoms with Gasteiger partial charge in [-0.05, 0) is 30.4 Å². The SMILES string of the molecule is C[C@H]1C[C@H](C)CN(C(=O)COCc2nc(-c3cccnc3)no2)C1. The molecule has 0 unspecified atom stereocenters. The van der Waals surface area contributed by atoms with Crippen LogP contribution in [-0.2, 0) is 16.1 Å². The molecule has 1 fully saturated rings. The monoisotopic (exact) mass is 330 g/mol. The molecule has 1 aliphatic rings. The highest BCUT2D eigenvalue weighted by atomic mass is 16.5. The Morgan fingerprint density at radius 3 is 2.88 bits per heavy atom. The summed E-state index contributed by atoms with van der Waals surface area (Å²) in [5.74, 6) is 1.90. The summed E-state index contributed by atoms with van der Waals surface area (Å²) in [6, 6.07) is 3.66. The number of rotatable bonds is 5. The van der Waals surface area contributed by atoms with E-state index < -0.39 is 0 Å². The van der Waals surface area contributed by atoms with E-state index in [-0.39, 0.29) is 19.1 Å². The summed E-state index contributed by atoms with van der Waals surface area (Å²) >= 11 is 0. The second-order valence-corrected chi connectivity index (χ2v) is 6.49. The van der Waals surface area contributed by atoms with Crippen molar-refractivity contribution in [2.45, 2.75) is 26.9 Å². The van der Waals surface area contributed by atoms with Crippen LogP contribution >= 0.6 is 0 Å². The molecule has 3 rings (SSSR count). The van der Waals surface area contributed by atoms with Crippen molar-refractivity contribution in [1.82, 2.24) is 20.0 Å². The van der Waals surface area contributed by atoms with Gasteiger partial charge in [0.25, 0.3) is 5.89 Å². The number of aromatic nitrogens is 3. The zero-order valence-corrected chi connectivity index (χ0v) is 14.0. The fraction of sp³-hybridized carbons (Fsp3) is 0.529. The van der Waals surface area contributed by atoms with Crippen molar-refractivity contribution >= 4 is 5.91 Å². The van der Waals surface area contributed by atoms with E-state index in [2.05, 4.69) is 29.0 Å². The molecule has 24 heavy (non-hydrogen) atoms. The molecule has 7 heteroatoms. The van der Waals surface area contributed by atoms with E-state index in [9.17, 15) is 4.79 Å². The number of carbonyl (C=O) groups is 1. The smallest absolute Gasteiger partial charge is 0.252 e. The van der Waals surface area contributed by atoms with E-state index in [1.165, 1.54) is 6.42 Å². The number of amides is 1. The number of ether oxygens (including phenoxy) is 1. The lowest BCUT2D eigenvalue weighted by molar-refractivity contribution is -0.139. The Kier molecular flexibility index (Phi) is 5.20. The number of carbonyl (C=O) groups excluding carboxylic acids is 1. The van der Waals surface area contributed by atoms with Crippen LogP contribution in [0.5, 0.6) is 0 Å². The van der Waals surface area contributed by atoms with Gasteiger partial charge in [-0.2, -0.15) is 4.98 Å². The van der Waals surface area contributed by atoms with Crippen molar-refractivity contribution in [2.24, 2.45) is 11.8 Å². The number of hydrogen-bond acceptors (Lipinski definition) is 6. The molecule has 2 aromatic heterocycles. The van der Waals surface area contributed by atoms with Crippen LogP contribution in [0.2, 0.25) is 0 Å². The van der Waals surface area contributed by atoms with Crippen molar-refractivity contribution in [3.63, 3.8) is 0 Å². The first kappa shape index (κ1) is 16.6. The van der Waals surface area contributed by atoms with E-state index in [1.807, 2.05) is 11.0 Å². The highest BCUT2D eigenvalue weighted by molar-refractivity contribution is 5.77. The second kappa shape index (κ2) is 7.53. The van der Waals surface area contributed by atoms with Gasteiger partial charge >= 0.3 is 0 Å². The summed E-state index contributed by atoms with van der Waals surface area (Å²) in [6.07, 6.45) is 4.52. The summed E-state index contributed by atoms with van der Waals surface area (Å²) < 4.78 is 10.6. The Balaban J connectivity index is 1.48. The number of pyridine rings is 1. The van der Waals surface area contributed by atoms with Crippen LogP contribution in [0.3, 0.4) is 0 Å². The maximum atomic E-state index is 12.2. The van der Waals surface area contributed by atoms with E-state index in [0.29, 0.717) is 23.6 Å².